The van der Waals surface area contributed by atoms with Crippen LogP contribution in [-0.4, -0.2) is 54.3 Å². The molecule has 0 spiro atoms. The zero-order chi connectivity index (χ0) is 22.6. The summed E-state index contributed by atoms with van der Waals surface area (Å²) in [5.41, 5.74) is 3.00. The Morgan fingerprint density at radius 2 is 1.81 bits per heavy atom. The summed E-state index contributed by atoms with van der Waals surface area (Å²) >= 11 is 0. The molecule has 3 rings (SSSR count). The average molecular weight is 449 g/mol. The standard InChI is InChI=1S/C24H40N4O2S/c1-6-7-8-13-27-14-11-20(12-15-27)23-17-25-24-10-9-21(16-22(23)24)26-31(29,30)28(18(2)3)19(4)5/h9-10,16-20,25-26H,6-8,11-15H2,1-5H3. The van der Waals surface area contributed by atoms with Gasteiger partial charge >= 0.3 is 10.2 Å². The number of fused-ring (bicyclic) bond motifs is 1. The zero-order valence-electron chi connectivity index (χ0n) is 19.8. The fraction of sp³-hybridized carbons (Fsp3) is 0.667. The van der Waals surface area contributed by atoms with Gasteiger partial charge in [0.1, 0.15) is 0 Å². The van der Waals surface area contributed by atoms with Crippen molar-refractivity contribution < 1.29 is 8.42 Å². The monoisotopic (exact) mass is 448 g/mol. The molecule has 0 saturated carbocycles. The van der Waals surface area contributed by atoms with E-state index in [2.05, 4.69) is 27.7 Å². The summed E-state index contributed by atoms with van der Waals surface area (Å²) in [6.07, 6.45) is 8.31. The number of likely N-dealkylation sites (tertiary alicyclic amines) is 1. The van der Waals surface area contributed by atoms with Crippen molar-refractivity contribution >= 4 is 26.8 Å². The molecule has 2 N–H and O–H groups in total. The van der Waals surface area contributed by atoms with Crippen molar-refractivity contribution in [1.82, 2.24) is 14.2 Å². The minimum atomic E-state index is -3.62. The highest BCUT2D eigenvalue weighted by Crippen LogP contribution is 2.34. The summed E-state index contributed by atoms with van der Waals surface area (Å²) in [6, 6.07) is 5.60. The number of H-pyrrole nitrogens is 1. The highest BCUT2D eigenvalue weighted by atomic mass is 32.2. The molecule has 0 amide bonds. The topological polar surface area (TPSA) is 68.4 Å². The van der Waals surface area contributed by atoms with Gasteiger partial charge in [-0.1, -0.05) is 19.8 Å². The van der Waals surface area contributed by atoms with E-state index in [1.165, 1.54) is 35.7 Å². The van der Waals surface area contributed by atoms with E-state index in [0.717, 1.165) is 36.8 Å². The second kappa shape index (κ2) is 10.4. The number of nitrogens with one attached hydrogen (secondary N) is 2. The molecule has 1 saturated heterocycles. The lowest BCUT2D eigenvalue weighted by Gasteiger charge is -2.32. The molecule has 6 nitrogen and oxygen atoms in total. The molecule has 1 aliphatic rings. The molecule has 0 radical (unpaired) electrons. The van der Waals surface area contributed by atoms with Gasteiger partial charge < -0.3 is 9.88 Å². The van der Waals surface area contributed by atoms with Crippen molar-refractivity contribution in [1.29, 1.82) is 0 Å². The Balaban J connectivity index is 1.74. The fourth-order valence-corrected chi connectivity index (χ4v) is 6.59. The Labute approximate surface area is 188 Å². The molecular formula is C24H40N4O2S. The van der Waals surface area contributed by atoms with Crippen LogP contribution in [-0.2, 0) is 10.2 Å². The van der Waals surface area contributed by atoms with E-state index in [0.29, 0.717) is 11.6 Å². The second-order valence-corrected chi connectivity index (χ2v) is 11.0. The maximum atomic E-state index is 13.0. The number of benzene rings is 1. The van der Waals surface area contributed by atoms with Crippen LogP contribution < -0.4 is 4.72 Å². The van der Waals surface area contributed by atoms with Gasteiger partial charge in [-0.3, -0.25) is 4.72 Å². The molecule has 0 bridgehead atoms. The van der Waals surface area contributed by atoms with E-state index >= 15 is 0 Å². The Morgan fingerprint density at radius 1 is 1.13 bits per heavy atom. The van der Waals surface area contributed by atoms with E-state index in [1.54, 1.807) is 0 Å². The molecule has 1 fully saturated rings. The van der Waals surface area contributed by atoms with Crippen LogP contribution in [0.2, 0.25) is 0 Å². The molecule has 1 aromatic carbocycles. The van der Waals surface area contributed by atoms with Gasteiger partial charge in [-0.25, -0.2) is 0 Å². The second-order valence-electron chi connectivity index (χ2n) is 9.45. The number of aromatic amines is 1. The minimum absolute atomic E-state index is 0.105. The fourth-order valence-electron chi connectivity index (χ4n) is 4.95. The number of hydrogen-bond donors (Lipinski definition) is 2. The Kier molecular flexibility index (Phi) is 8.05. The largest absolute Gasteiger partial charge is 0.361 e. The molecular weight excluding hydrogens is 408 g/mol. The number of anilines is 1. The van der Waals surface area contributed by atoms with E-state index in [4.69, 9.17) is 0 Å². The van der Waals surface area contributed by atoms with Crippen molar-refractivity contribution in [2.24, 2.45) is 0 Å². The number of hydrogen-bond acceptors (Lipinski definition) is 3. The van der Waals surface area contributed by atoms with Gasteiger partial charge in [-0.15, -0.1) is 0 Å². The molecule has 0 aliphatic carbocycles. The van der Waals surface area contributed by atoms with Gasteiger partial charge in [0.05, 0.1) is 5.69 Å². The molecule has 31 heavy (non-hydrogen) atoms. The van der Waals surface area contributed by atoms with Crippen LogP contribution in [0.5, 0.6) is 0 Å². The van der Waals surface area contributed by atoms with Crippen LogP contribution in [0.3, 0.4) is 0 Å². The maximum Gasteiger partial charge on any atom is 0.302 e. The van der Waals surface area contributed by atoms with Crippen LogP contribution >= 0.6 is 0 Å². The van der Waals surface area contributed by atoms with Crippen LogP contribution in [0.25, 0.3) is 10.9 Å². The number of unbranched alkanes of at least 4 members (excludes halogenated alkanes) is 2. The molecule has 0 atom stereocenters. The highest BCUT2D eigenvalue weighted by Gasteiger charge is 2.28. The summed E-state index contributed by atoms with van der Waals surface area (Å²) in [6.45, 7) is 13.4. The lowest BCUT2D eigenvalue weighted by atomic mass is 9.89. The first-order valence-electron chi connectivity index (χ1n) is 11.9. The predicted molar refractivity (Wildman–Crippen MR) is 131 cm³/mol. The number of piperidine rings is 1. The van der Waals surface area contributed by atoms with Crippen molar-refractivity contribution in [2.45, 2.75) is 84.7 Å². The average Bonchev–Trinajstić information content (AvgIpc) is 3.10. The van der Waals surface area contributed by atoms with Crippen molar-refractivity contribution in [3.8, 4) is 0 Å². The third-order valence-electron chi connectivity index (χ3n) is 6.36. The highest BCUT2D eigenvalue weighted by molar-refractivity contribution is 7.90. The van der Waals surface area contributed by atoms with Crippen LogP contribution in [0.4, 0.5) is 5.69 Å². The maximum absolute atomic E-state index is 13.0. The predicted octanol–water partition coefficient (Wildman–Crippen LogP) is 5.31. The van der Waals surface area contributed by atoms with Gasteiger partial charge in [0.15, 0.2) is 0 Å². The first-order valence-corrected chi connectivity index (χ1v) is 13.3. The molecule has 2 heterocycles. The third kappa shape index (κ3) is 5.82. The van der Waals surface area contributed by atoms with Gasteiger partial charge in [-0.2, -0.15) is 12.7 Å². The zero-order valence-corrected chi connectivity index (χ0v) is 20.6. The van der Waals surface area contributed by atoms with E-state index < -0.39 is 10.2 Å². The summed E-state index contributed by atoms with van der Waals surface area (Å²) in [4.78, 5) is 5.98. The van der Waals surface area contributed by atoms with Gasteiger partial charge in [0.25, 0.3) is 0 Å². The van der Waals surface area contributed by atoms with E-state index in [-0.39, 0.29) is 12.1 Å². The van der Waals surface area contributed by atoms with Crippen molar-refractivity contribution in [2.75, 3.05) is 24.4 Å². The smallest absolute Gasteiger partial charge is 0.302 e. The molecule has 7 heteroatoms. The Bertz CT molecular complexity index is 936. The Hall–Kier alpha value is -1.57. The lowest BCUT2D eigenvalue weighted by Crippen LogP contribution is -2.45. The molecule has 1 aliphatic heterocycles. The SMILES string of the molecule is CCCCCN1CCC(c2c[nH]c3ccc(NS(=O)(=O)N(C(C)C)C(C)C)cc23)CC1. The summed E-state index contributed by atoms with van der Waals surface area (Å²) in [5, 5.41) is 1.13. The lowest BCUT2D eigenvalue weighted by molar-refractivity contribution is 0.209. The van der Waals surface area contributed by atoms with Crippen LogP contribution in [0, 0.1) is 0 Å². The van der Waals surface area contributed by atoms with E-state index in [9.17, 15) is 8.42 Å². The van der Waals surface area contributed by atoms with Crippen LogP contribution in [0.15, 0.2) is 24.4 Å². The molecule has 174 valence electrons. The quantitative estimate of drug-likeness (QED) is 0.484. The summed E-state index contributed by atoms with van der Waals surface area (Å²) in [7, 11) is -3.62. The summed E-state index contributed by atoms with van der Waals surface area (Å²) in [5.74, 6) is 0.519. The normalized spacial score (nSPS) is 16.8. The summed E-state index contributed by atoms with van der Waals surface area (Å²) < 4.78 is 30.3. The first-order chi connectivity index (χ1) is 14.7. The molecule has 2 aromatic rings. The first kappa shape index (κ1) is 24.1. The van der Waals surface area contributed by atoms with Crippen LogP contribution in [0.1, 0.15) is 78.2 Å². The molecule has 0 unspecified atom stereocenters. The van der Waals surface area contributed by atoms with E-state index in [1.807, 2.05) is 45.9 Å². The van der Waals surface area contributed by atoms with Gasteiger partial charge in [0.2, 0.25) is 0 Å². The van der Waals surface area contributed by atoms with Crippen molar-refractivity contribution in [3.05, 3.63) is 30.0 Å². The Morgan fingerprint density at radius 3 is 2.42 bits per heavy atom. The number of aromatic nitrogens is 1. The van der Waals surface area contributed by atoms with Gasteiger partial charge in [-0.05, 0) is 96.3 Å². The van der Waals surface area contributed by atoms with Crippen molar-refractivity contribution in [3.63, 3.8) is 0 Å². The van der Waals surface area contributed by atoms with Gasteiger partial charge in [0, 0.05) is 29.2 Å². The molecule has 1 aromatic heterocycles. The number of rotatable bonds is 10. The third-order valence-corrected chi connectivity index (χ3v) is 8.25. The number of nitrogens with zero attached hydrogens (tertiary/aromatic N) is 2. The minimum Gasteiger partial charge on any atom is -0.361 e.